The Morgan fingerprint density at radius 3 is 2.69 bits per heavy atom. The molecule has 0 radical (unpaired) electrons. The molecule has 88 valence electrons. The quantitative estimate of drug-likeness (QED) is 0.874. The highest BCUT2D eigenvalue weighted by molar-refractivity contribution is 7.99. The second-order valence-corrected chi connectivity index (χ2v) is 5.31. The molecule has 1 aliphatic heterocycles. The topological polar surface area (TPSA) is 23.5 Å². The Bertz CT molecular complexity index is 336. The van der Waals surface area contributed by atoms with Gasteiger partial charge in [-0.3, -0.25) is 0 Å². The fraction of sp³-hybridized carbons (Fsp3) is 0.538. The summed E-state index contributed by atoms with van der Waals surface area (Å²) >= 11 is 2.01. The smallest absolute Gasteiger partial charge is 0.0807 e. The van der Waals surface area contributed by atoms with Crippen molar-refractivity contribution in [2.75, 3.05) is 29.5 Å². The average Bonchev–Trinajstić information content (AvgIpc) is 2.39. The summed E-state index contributed by atoms with van der Waals surface area (Å²) in [6, 6.07) is 8.24. The Morgan fingerprint density at radius 1 is 1.31 bits per heavy atom. The molecule has 1 aliphatic rings. The number of anilines is 1. The van der Waals surface area contributed by atoms with Crippen LogP contribution in [0.5, 0.6) is 0 Å². The summed E-state index contributed by atoms with van der Waals surface area (Å²) in [7, 11) is 0. The lowest BCUT2D eigenvalue weighted by Gasteiger charge is -2.31. The first-order valence-corrected chi connectivity index (χ1v) is 7.08. The summed E-state index contributed by atoms with van der Waals surface area (Å²) in [6.45, 7) is 4.21. The molecule has 1 saturated heterocycles. The first-order chi connectivity index (χ1) is 7.83. The van der Waals surface area contributed by atoms with E-state index >= 15 is 0 Å². The van der Waals surface area contributed by atoms with Gasteiger partial charge in [0.15, 0.2) is 0 Å². The SMILES string of the molecule is CCC(O)c1ccccc1N1CCSCC1. The third-order valence-corrected chi connectivity index (χ3v) is 3.98. The highest BCUT2D eigenvalue weighted by Crippen LogP contribution is 2.29. The zero-order valence-electron chi connectivity index (χ0n) is 9.72. The second-order valence-electron chi connectivity index (χ2n) is 4.08. The number of rotatable bonds is 3. The van der Waals surface area contributed by atoms with E-state index in [-0.39, 0.29) is 6.10 Å². The average molecular weight is 237 g/mol. The van der Waals surface area contributed by atoms with Gasteiger partial charge in [-0.2, -0.15) is 11.8 Å². The lowest BCUT2D eigenvalue weighted by atomic mass is 10.0. The minimum Gasteiger partial charge on any atom is -0.388 e. The molecular formula is C13H19NOS. The van der Waals surface area contributed by atoms with E-state index in [1.54, 1.807) is 0 Å². The van der Waals surface area contributed by atoms with Gasteiger partial charge in [-0.25, -0.2) is 0 Å². The van der Waals surface area contributed by atoms with Crippen molar-refractivity contribution in [2.45, 2.75) is 19.4 Å². The summed E-state index contributed by atoms with van der Waals surface area (Å²) in [5.41, 5.74) is 2.30. The third-order valence-electron chi connectivity index (χ3n) is 3.03. The van der Waals surface area contributed by atoms with Crippen LogP contribution in [0.15, 0.2) is 24.3 Å². The normalized spacial score (nSPS) is 18.5. The molecule has 1 N–H and O–H groups in total. The summed E-state index contributed by atoms with van der Waals surface area (Å²) in [5, 5.41) is 10.0. The minimum absolute atomic E-state index is 0.328. The molecule has 0 aromatic heterocycles. The fourth-order valence-electron chi connectivity index (χ4n) is 2.08. The maximum atomic E-state index is 10.0. The van der Waals surface area contributed by atoms with Crippen LogP contribution < -0.4 is 4.90 Å². The van der Waals surface area contributed by atoms with Crippen LogP contribution in [0.4, 0.5) is 5.69 Å². The van der Waals surface area contributed by atoms with Gasteiger partial charge in [-0.1, -0.05) is 25.1 Å². The number of hydrogen-bond acceptors (Lipinski definition) is 3. The lowest BCUT2D eigenvalue weighted by Crippen LogP contribution is -2.33. The molecule has 1 unspecified atom stereocenters. The van der Waals surface area contributed by atoms with E-state index in [1.165, 1.54) is 17.2 Å². The van der Waals surface area contributed by atoms with Gasteiger partial charge in [0.05, 0.1) is 6.10 Å². The van der Waals surface area contributed by atoms with Gasteiger partial charge >= 0.3 is 0 Å². The van der Waals surface area contributed by atoms with Crippen LogP contribution in [0.2, 0.25) is 0 Å². The first-order valence-electron chi connectivity index (χ1n) is 5.92. The van der Waals surface area contributed by atoms with Crippen molar-refractivity contribution in [1.29, 1.82) is 0 Å². The standard InChI is InChI=1S/C13H19NOS/c1-2-13(15)11-5-3-4-6-12(11)14-7-9-16-10-8-14/h3-6,13,15H,2,7-10H2,1H3. The molecule has 0 spiro atoms. The molecule has 1 atom stereocenters. The van der Waals surface area contributed by atoms with Crippen molar-refractivity contribution in [1.82, 2.24) is 0 Å². The van der Waals surface area contributed by atoms with Gasteiger partial charge in [-0.15, -0.1) is 0 Å². The van der Waals surface area contributed by atoms with Gasteiger partial charge in [-0.05, 0) is 12.5 Å². The van der Waals surface area contributed by atoms with Gasteiger partial charge in [0.25, 0.3) is 0 Å². The molecule has 3 heteroatoms. The monoisotopic (exact) mass is 237 g/mol. The first kappa shape index (κ1) is 11.8. The number of thioether (sulfide) groups is 1. The van der Waals surface area contributed by atoms with Crippen molar-refractivity contribution in [2.24, 2.45) is 0 Å². The summed E-state index contributed by atoms with van der Waals surface area (Å²) in [6.07, 6.45) is 0.449. The van der Waals surface area contributed by atoms with Gasteiger partial charge in [0.2, 0.25) is 0 Å². The molecule has 0 bridgehead atoms. The summed E-state index contributed by atoms with van der Waals surface area (Å²) in [5.74, 6) is 2.38. The predicted molar refractivity (Wildman–Crippen MR) is 71.2 cm³/mol. The van der Waals surface area contributed by atoms with Gasteiger partial charge in [0, 0.05) is 35.8 Å². The maximum absolute atomic E-state index is 10.0. The third kappa shape index (κ3) is 2.53. The summed E-state index contributed by atoms with van der Waals surface area (Å²) < 4.78 is 0. The Kier molecular flexibility index (Phi) is 4.13. The van der Waals surface area contributed by atoms with Gasteiger partial charge in [0.1, 0.15) is 0 Å². The largest absolute Gasteiger partial charge is 0.388 e. The zero-order valence-corrected chi connectivity index (χ0v) is 10.5. The minimum atomic E-state index is -0.328. The van der Waals surface area contributed by atoms with Crippen LogP contribution in [0.3, 0.4) is 0 Å². The van der Waals surface area contributed by atoms with Crippen LogP contribution in [-0.4, -0.2) is 29.7 Å². The molecule has 1 aromatic carbocycles. The Morgan fingerprint density at radius 2 is 2.00 bits per heavy atom. The second kappa shape index (κ2) is 5.60. The molecule has 1 heterocycles. The van der Waals surface area contributed by atoms with E-state index in [0.717, 1.165) is 25.1 Å². The van der Waals surface area contributed by atoms with Crippen LogP contribution in [-0.2, 0) is 0 Å². The number of benzene rings is 1. The molecule has 2 nitrogen and oxygen atoms in total. The molecule has 0 aliphatic carbocycles. The number of nitrogens with zero attached hydrogens (tertiary/aromatic N) is 1. The van der Waals surface area contributed by atoms with E-state index in [9.17, 15) is 5.11 Å². The molecular weight excluding hydrogens is 218 g/mol. The van der Waals surface area contributed by atoms with Crippen LogP contribution >= 0.6 is 11.8 Å². The number of aliphatic hydroxyl groups is 1. The molecule has 1 fully saturated rings. The van der Waals surface area contributed by atoms with Crippen molar-refractivity contribution in [3.63, 3.8) is 0 Å². The van der Waals surface area contributed by atoms with Crippen molar-refractivity contribution < 1.29 is 5.11 Å². The van der Waals surface area contributed by atoms with Crippen LogP contribution in [0.25, 0.3) is 0 Å². The molecule has 0 saturated carbocycles. The highest BCUT2D eigenvalue weighted by Gasteiger charge is 2.17. The van der Waals surface area contributed by atoms with E-state index in [2.05, 4.69) is 17.0 Å². The lowest BCUT2D eigenvalue weighted by molar-refractivity contribution is 0.174. The van der Waals surface area contributed by atoms with Crippen LogP contribution in [0.1, 0.15) is 25.0 Å². The number of para-hydroxylation sites is 1. The fourth-order valence-corrected chi connectivity index (χ4v) is 2.98. The Balaban J connectivity index is 2.24. The van der Waals surface area contributed by atoms with Crippen LogP contribution in [0, 0.1) is 0 Å². The Hall–Kier alpha value is -0.670. The maximum Gasteiger partial charge on any atom is 0.0807 e. The number of hydrogen-bond donors (Lipinski definition) is 1. The van der Waals surface area contributed by atoms with E-state index < -0.39 is 0 Å². The zero-order chi connectivity index (χ0) is 11.4. The van der Waals surface area contributed by atoms with Gasteiger partial charge < -0.3 is 10.0 Å². The van der Waals surface area contributed by atoms with E-state index in [0.29, 0.717) is 0 Å². The molecule has 1 aromatic rings. The Labute approximate surface area is 102 Å². The predicted octanol–water partition coefficient (Wildman–Crippen LogP) is 2.68. The summed E-state index contributed by atoms with van der Waals surface area (Å²) in [4.78, 5) is 2.39. The van der Waals surface area contributed by atoms with Crippen molar-refractivity contribution in [3.8, 4) is 0 Å². The highest BCUT2D eigenvalue weighted by atomic mass is 32.2. The van der Waals surface area contributed by atoms with Crippen molar-refractivity contribution >= 4 is 17.4 Å². The molecule has 16 heavy (non-hydrogen) atoms. The number of aliphatic hydroxyl groups excluding tert-OH is 1. The molecule has 2 rings (SSSR count). The van der Waals surface area contributed by atoms with E-state index in [4.69, 9.17) is 0 Å². The van der Waals surface area contributed by atoms with E-state index in [1.807, 2.05) is 30.8 Å². The molecule has 0 amide bonds. The van der Waals surface area contributed by atoms with Crippen molar-refractivity contribution in [3.05, 3.63) is 29.8 Å².